The van der Waals surface area contributed by atoms with Crippen molar-refractivity contribution >= 4 is 5.97 Å². The lowest BCUT2D eigenvalue weighted by Gasteiger charge is -2.28. The highest BCUT2D eigenvalue weighted by molar-refractivity contribution is 5.66. The number of nitrogens with zero attached hydrogens (tertiary/aromatic N) is 1. The normalized spacial score (nSPS) is 23.6. The van der Waals surface area contributed by atoms with Crippen molar-refractivity contribution in [2.75, 3.05) is 19.6 Å². The van der Waals surface area contributed by atoms with Gasteiger partial charge in [-0.1, -0.05) is 0 Å². The first-order chi connectivity index (χ1) is 6.68. The standard InChI is InChI=1S/C10H18FNO2/c11-9-4-3-7-12(8-9)6-2-1-5-10(13)14/h9H,1-8H2,(H,13,14)/t9-/m1/s1. The van der Waals surface area contributed by atoms with Gasteiger partial charge < -0.3 is 10.0 Å². The molecule has 1 rings (SSSR count). The van der Waals surface area contributed by atoms with Crippen LogP contribution in [0.4, 0.5) is 4.39 Å². The van der Waals surface area contributed by atoms with Crippen LogP contribution >= 0.6 is 0 Å². The van der Waals surface area contributed by atoms with Gasteiger partial charge in [0, 0.05) is 13.0 Å². The van der Waals surface area contributed by atoms with E-state index < -0.39 is 12.1 Å². The molecular weight excluding hydrogens is 185 g/mol. The third-order valence-electron chi connectivity index (χ3n) is 2.56. The Labute approximate surface area is 83.9 Å². The lowest BCUT2D eigenvalue weighted by molar-refractivity contribution is -0.137. The molecular formula is C10H18FNO2. The average molecular weight is 203 g/mol. The van der Waals surface area contributed by atoms with Crippen molar-refractivity contribution in [2.45, 2.75) is 38.3 Å². The number of carboxylic acids is 1. The summed E-state index contributed by atoms with van der Waals surface area (Å²) in [6, 6.07) is 0. The van der Waals surface area contributed by atoms with Crippen LogP contribution in [-0.2, 0) is 4.79 Å². The summed E-state index contributed by atoms with van der Waals surface area (Å²) in [7, 11) is 0. The summed E-state index contributed by atoms with van der Waals surface area (Å²) >= 11 is 0. The summed E-state index contributed by atoms with van der Waals surface area (Å²) in [5.41, 5.74) is 0. The number of unbranched alkanes of at least 4 members (excludes halogenated alkanes) is 1. The third-order valence-corrected chi connectivity index (χ3v) is 2.56. The van der Waals surface area contributed by atoms with Crippen LogP contribution in [0.1, 0.15) is 32.1 Å². The van der Waals surface area contributed by atoms with Crippen LogP contribution in [-0.4, -0.2) is 41.8 Å². The predicted octanol–water partition coefficient (Wildman–Crippen LogP) is 1.68. The van der Waals surface area contributed by atoms with Crippen LogP contribution < -0.4 is 0 Å². The summed E-state index contributed by atoms with van der Waals surface area (Å²) in [5, 5.41) is 8.42. The van der Waals surface area contributed by atoms with Crippen LogP contribution in [0.5, 0.6) is 0 Å². The Hall–Kier alpha value is -0.640. The number of hydrogen-bond acceptors (Lipinski definition) is 2. The molecule has 0 aliphatic carbocycles. The maximum atomic E-state index is 12.9. The van der Waals surface area contributed by atoms with Crippen LogP contribution in [0.25, 0.3) is 0 Å². The topological polar surface area (TPSA) is 40.5 Å². The molecule has 1 saturated heterocycles. The summed E-state index contributed by atoms with van der Waals surface area (Å²) in [6.45, 7) is 2.34. The van der Waals surface area contributed by atoms with Crippen molar-refractivity contribution in [3.8, 4) is 0 Å². The van der Waals surface area contributed by atoms with Crippen molar-refractivity contribution in [1.29, 1.82) is 0 Å². The molecule has 0 radical (unpaired) electrons. The van der Waals surface area contributed by atoms with Gasteiger partial charge in [0.2, 0.25) is 0 Å². The number of carbonyl (C=O) groups is 1. The summed E-state index contributed by atoms with van der Waals surface area (Å²) < 4.78 is 12.9. The Bertz CT molecular complexity index is 187. The van der Waals surface area contributed by atoms with Crippen LogP contribution in [0, 0.1) is 0 Å². The number of likely N-dealkylation sites (tertiary alicyclic amines) is 1. The van der Waals surface area contributed by atoms with Crippen LogP contribution in [0.15, 0.2) is 0 Å². The van der Waals surface area contributed by atoms with Gasteiger partial charge in [0.1, 0.15) is 6.17 Å². The summed E-state index contributed by atoms with van der Waals surface area (Å²) in [5.74, 6) is -0.744. The maximum Gasteiger partial charge on any atom is 0.303 e. The number of piperidine rings is 1. The fourth-order valence-corrected chi connectivity index (χ4v) is 1.81. The Morgan fingerprint density at radius 2 is 2.29 bits per heavy atom. The lowest BCUT2D eigenvalue weighted by Crippen LogP contribution is -2.36. The van der Waals surface area contributed by atoms with Gasteiger partial charge in [-0.05, 0) is 38.8 Å². The van der Waals surface area contributed by atoms with E-state index in [4.69, 9.17) is 5.11 Å². The molecule has 0 aromatic rings. The second-order valence-corrected chi connectivity index (χ2v) is 3.89. The zero-order valence-corrected chi connectivity index (χ0v) is 8.41. The minimum absolute atomic E-state index is 0.229. The van der Waals surface area contributed by atoms with Gasteiger partial charge in [0.25, 0.3) is 0 Å². The predicted molar refractivity (Wildman–Crippen MR) is 52.1 cm³/mol. The zero-order valence-electron chi connectivity index (χ0n) is 8.41. The van der Waals surface area contributed by atoms with E-state index in [0.29, 0.717) is 19.4 Å². The van der Waals surface area contributed by atoms with Gasteiger partial charge >= 0.3 is 5.97 Å². The number of carboxylic acid groups (broad SMARTS) is 1. The van der Waals surface area contributed by atoms with Crippen LogP contribution in [0.2, 0.25) is 0 Å². The molecule has 1 aliphatic heterocycles. The van der Waals surface area contributed by atoms with Gasteiger partial charge in [-0.3, -0.25) is 4.79 Å². The second kappa shape index (κ2) is 5.96. The molecule has 1 fully saturated rings. The van der Waals surface area contributed by atoms with E-state index in [-0.39, 0.29) is 6.42 Å². The van der Waals surface area contributed by atoms with E-state index >= 15 is 0 Å². The van der Waals surface area contributed by atoms with E-state index in [1.807, 2.05) is 0 Å². The number of aliphatic carboxylic acids is 1. The first kappa shape index (κ1) is 11.4. The molecule has 1 aliphatic rings. The van der Waals surface area contributed by atoms with Crippen molar-refractivity contribution < 1.29 is 14.3 Å². The third kappa shape index (κ3) is 4.56. The van der Waals surface area contributed by atoms with Gasteiger partial charge in [0.15, 0.2) is 0 Å². The monoisotopic (exact) mass is 203 g/mol. The smallest absolute Gasteiger partial charge is 0.303 e. The van der Waals surface area contributed by atoms with Crippen LogP contribution in [0.3, 0.4) is 0 Å². The van der Waals surface area contributed by atoms with Crippen molar-refractivity contribution in [3.63, 3.8) is 0 Å². The quantitative estimate of drug-likeness (QED) is 0.691. The molecule has 0 aromatic heterocycles. The molecule has 14 heavy (non-hydrogen) atoms. The summed E-state index contributed by atoms with van der Waals surface area (Å²) in [4.78, 5) is 12.3. The number of halogens is 1. The minimum atomic E-state index is -0.744. The zero-order chi connectivity index (χ0) is 10.4. The first-order valence-corrected chi connectivity index (χ1v) is 5.26. The highest BCUT2D eigenvalue weighted by atomic mass is 19.1. The van der Waals surface area contributed by atoms with E-state index in [1.165, 1.54) is 0 Å². The fraction of sp³-hybridized carbons (Fsp3) is 0.900. The van der Waals surface area contributed by atoms with Crippen molar-refractivity contribution in [2.24, 2.45) is 0 Å². The fourth-order valence-electron chi connectivity index (χ4n) is 1.81. The number of hydrogen-bond donors (Lipinski definition) is 1. The molecule has 0 aromatic carbocycles. The minimum Gasteiger partial charge on any atom is -0.481 e. The second-order valence-electron chi connectivity index (χ2n) is 3.89. The molecule has 3 nitrogen and oxygen atoms in total. The van der Waals surface area contributed by atoms with E-state index in [9.17, 15) is 9.18 Å². The SMILES string of the molecule is O=C(O)CCCCN1CCC[C@@H](F)C1. The van der Waals surface area contributed by atoms with Crippen molar-refractivity contribution in [3.05, 3.63) is 0 Å². The maximum absolute atomic E-state index is 12.9. The molecule has 82 valence electrons. The van der Waals surface area contributed by atoms with Gasteiger partial charge in [-0.25, -0.2) is 4.39 Å². The van der Waals surface area contributed by atoms with E-state index in [2.05, 4.69) is 4.90 Å². The van der Waals surface area contributed by atoms with E-state index in [1.54, 1.807) is 0 Å². The number of rotatable bonds is 5. The largest absolute Gasteiger partial charge is 0.481 e. The highest BCUT2D eigenvalue weighted by Gasteiger charge is 2.18. The molecule has 0 bridgehead atoms. The lowest BCUT2D eigenvalue weighted by atomic mass is 10.1. The Kier molecular flexibility index (Phi) is 4.87. The molecule has 1 N–H and O–H groups in total. The molecule has 0 spiro atoms. The highest BCUT2D eigenvalue weighted by Crippen LogP contribution is 2.13. The van der Waals surface area contributed by atoms with E-state index in [0.717, 1.165) is 25.9 Å². The average Bonchev–Trinajstić information content (AvgIpc) is 2.12. The number of alkyl halides is 1. The Morgan fingerprint density at radius 1 is 1.50 bits per heavy atom. The Morgan fingerprint density at radius 3 is 2.93 bits per heavy atom. The van der Waals surface area contributed by atoms with Gasteiger partial charge in [-0.2, -0.15) is 0 Å². The summed E-state index contributed by atoms with van der Waals surface area (Å²) in [6.07, 6.45) is 2.73. The molecule has 4 heteroatoms. The van der Waals surface area contributed by atoms with Crippen molar-refractivity contribution in [1.82, 2.24) is 4.90 Å². The molecule has 0 saturated carbocycles. The molecule has 0 amide bonds. The van der Waals surface area contributed by atoms with Gasteiger partial charge in [0.05, 0.1) is 0 Å². The molecule has 1 atom stereocenters. The Balaban J connectivity index is 2.03. The van der Waals surface area contributed by atoms with Gasteiger partial charge in [-0.15, -0.1) is 0 Å². The molecule has 0 unspecified atom stereocenters. The molecule has 1 heterocycles. The first-order valence-electron chi connectivity index (χ1n) is 5.26.